The molecule has 3 rings (SSSR count). The summed E-state index contributed by atoms with van der Waals surface area (Å²) in [6.07, 6.45) is 3.48. The average Bonchev–Trinajstić information content (AvgIpc) is 2.98. The van der Waals surface area contributed by atoms with Gasteiger partial charge in [-0.05, 0) is 89.9 Å². The van der Waals surface area contributed by atoms with Crippen LogP contribution in [0.25, 0.3) is 0 Å². The van der Waals surface area contributed by atoms with Gasteiger partial charge in [-0.1, -0.05) is 18.2 Å². The Morgan fingerprint density at radius 2 is 1.51 bits per heavy atom. The van der Waals surface area contributed by atoms with Gasteiger partial charge in [0.1, 0.15) is 39.0 Å². The second-order valence-electron chi connectivity index (χ2n) is 13.6. The molecule has 0 spiro atoms. The molecule has 0 saturated carbocycles. The number of carbonyl (C=O) groups is 2. The Morgan fingerprint density at radius 3 is 2.08 bits per heavy atom. The maximum Gasteiger partial charge on any atom is 0.532 e. The van der Waals surface area contributed by atoms with Crippen LogP contribution in [-0.2, 0) is 34.7 Å². The van der Waals surface area contributed by atoms with Gasteiger partial charge < -0.3 is 18.4 Å². The predicted octanol–water partition coefficient (Wildman–Crippen LogP) is 6.11. The normalized spacial score (nSPS) is 15.2. The van der Waals surface area contributed by atoms with Gasteiger partial charge in [-0.25, -0.2) is 9.90 Å². The molecule has 1 radical (unpaired) electrons. The molecule has 49 heavy (non-hydrogen) atoms. The summed E-state index contributed by atoms with van der Waals surface area (Å²) in [4.78, 5) is 26.2. The van der Waals surface area contributed by atoms with Crippen molar-refractivity contribution in [1.82, 2.24) is 4.90 Å². The summed E-state index contributed by atoms with van der Waals surface area (Å²) >= 11 is 0. The summed E-state index contributed by atoms with van der Waals surface area (Å²) in [5, 5.41) is 10.8. The number of quaternary nitrogens is 1. The Labute approximate surface area is 289 Å². The molecule has 0 N–H and O–H groups in total. The highest BCUT2D eigenvalue weighted by Gasteiger charge is 2.51. The molecule has 1 atom stereocenters. The first-order valence-corrected chi connectivity index (χ1v) is 18.5. The number of sulfonamides is 1. The lowest BCUT2D eigenvalue weighted by molar-refractivity contribution is -0.709. The fourth-order valence-corrected chi connectivity index (χ4v) is 7.73. The molecule has 0 saturated heterocycles. The molecule has 13 nitrogen and oxygen atoms in total. The van der Waals surface area contributed by atoms with Crippen molar-refractivity contribution >= 4 is 32.3 Å². The monoisotopic (exact) mass is 722 g/mol. The zero-order valence-corrected chi connectivity index (χ0v) is 30.9. The average molecular weight is 723 g/mol. The van der Waals surface area contributed by atoms with Crippen molar-refractivity contribution in [2.24, 2.45) is 0 Å². The molecule has 0 aliphatic carbocycles. The lowest BCUT2D eigenvalue weighted by atomic mass is 10.1. The Bertz CT molecular complexity index is 1810. The van der Waals surface area contributed by atoms with Gasteiger partial charge in [-0.15, -0.1) is 3.89 Å². The Hall–Kier alpha value is -3.92. The molecular formula is C34H46N2O11S2+. The fraction of sp³-hybridized carbons (Fsp3) is 0.471. The van der Waals surface area contributed by atoms with Crippen LogP contribution in [0.4, 0.5) is 9.59 Å². The largest absolute Gasteiger partial charge is 0.532 e. The van der Waals surface area contributed by atoms with Crippen LogP contribution in [0.1, 0.15) is 59.9 Å². The molecule has 0 aromatic heterocycles. The van der Waals surface area contributed by atoms with E-state index in [9.17, 15) is 31.5 Å². The quantitative estimate of drug-likeness (QED) is 0.142. The fourth-order valence-electron chi connectivity index (χ4n) is 4.53. The molecule has 1 aliphatic rings. The minimum Gasteiger partial charge on any atom is -0.493 e. The number of hydrogen-bond donors (Lipinski definition) is 0. The molecule has 0 fully saturated rings. The van der Waals surface area contributed by atoms with E-state index in [1.165, 1.54) is 35.4 Å². The van der Waals surface area contributed by atoms with Gasteiger partial charge in [0.05, 0.1) is 20.3 Å². The zero-order valence-electron chi connectivity index (χ0n) is 29.2. The van der Waals surface area contributed by atoms with Gasteiger partial charge in [-0.2, -0.15) is 21.6 Å². The molecule has 2 aromatic rings. The first kappa shape index (κ1) is 39.5. The van der Waals surface area contributed by atoms with E-state index in [1.807, 2.05) is 0 Å². The number of rotatable bonds is 12. The minimum absolute atomic E-state index is 0.0530. The van der Waals surface area contributed by atoms with E-state index in [0.29, 0.717) is 11.1 Å². The van der Waals surface area contributed by atoms with Crippen LogP contribution < -0.4 is 8.92 Å². The number of aryl methyl sites for hydroxylation is 1. The van der Waals surface area contributed by atoms with Gasteiger partial charge >= 0.3 is 32.3 Å². The van der Waals surface area contributed by atoms with Crippen LogP contribution in [0, 0.1) is 6.92 Å². The lowest BCUT2D eigenvalue weighted by Crippen LogP contribution is -2.56. The highest BCUT2D eigenvalue weighted by Crippen LogP contribution is 2.34. The van der Waals surface area contributed by atoms with Crippen molar-refractivity contribution in [2.75, 3.05) is 33.4 Å². The van der Waals surface area contributed by atoms with Crippen molar-refractivity contribution in [3.05, 3.63) is 72.0 Å². The number of hydrogen-bond acceptors (Lipinski definition) is 10. The van der Waals surface area contributed by atoms with E-state index in [1.54, 1.807) is 66.7 Å². The molecule has 2 amide bonds. The number of ether oxygens (including phenoxy) is 3. The first-order valence-electron chi connectivity index (χ1n) is 15.7. The highest BCUT2D eigenvalue weighted by atomic mass is 32.2. The van der Waals surface area contributed by atoms with E-state index >= 15 is 0 Å². The van der Waals surface area contributed by atoms with E-state index < -0.39 is 57.2 Å². The molecule has 269 valence electrons. The van der Waals surface area contributed by atoms with Crippen molar-refractivity contribution < 1.29 is 53.8 Å². The van der Waals surface area contributed by atoms with E-state index in [-0.39, 0.29) is 50.6 Å². The Morgan fingerprint density at radius 1 is 0.898 bits per heavy atom. The van der Waals surface area contributed by atoms with Gasteiger partial charge in [0.15, 0.2) is 0 Å². The standard InChI is InChI=1S/C34H46N2O11S2/c1-25-22-27(44-21-11-20-37)24-28(23-25)47-49(42,43)30-13-10-9-12-29(30)48(40,41)36(8,32(39)46-34(5,6)7)19-16-26-14-17-35(18-15-26)31(38)45-33(2,3)4/h9-10,12-15,17,22-24H,11,16,18-21H2,1-8H3/q+1. The number of nitrogens with zero attached hydrogens (tertiary/aromatic N) is 2. The van der Waals surface area contributed by atoms with Crippen molar-refractivity contribution in [2.45, 2.75) is 82.3 Å². The molecule has 2 aromatic carbocycles. The van der Waals surface area contributed by atoms with Gasteiger partial charge in [0.2, 0.25) is 0 Å². The van der Waals surface area contributed by atoms with Crippen LogP contribution >= 0.6 is 0 Å². The maximum absolute atomic E-state index is 14.5. The molecule has 0 bridgehead atoms. The summed E-state index contributed by atoms with van der Waals surface area (Å²) < 4.78 is 77.0. The number of amides is 2. The zero-order chi connectivity index (χ0) is 36.8. The van der Waals surface area contributed by atoms with Gasteiger partial charge in [0, 0.05) is 31.7 Å². The third kappa shape index (κ3) is 10.5. The van der Waals surface area contributed by atoms with Crippen molar-refractivity contribution in [3.63, 3.8) is 0 Å². The number of benzene rings is 2. The SMILES string of the molecule is Cc1cc(OCCC[O])cc(OS(=O)(=O)c2ccccc2S(=O)(=O)[N+](C)(CCC2=CCN(C(=O)OC(C)(C)C)C=C2)C(=O)OC(C)(C)C)c1. The Balaban J connectivity index is 1.98. The van der Waals surface area contributed by atoms with Crippen molar-refractivity contribution in [1.29, 1.82) is 0 Å². The second kappa shape index (κ2) is 15.3. The smallest absolute Gasteiger partial charge is 0.493 e. The lowest BCUT2D eigenvalue weighted by Gasteiger charge is -2.32. The summed E-state index contributed by atoms with van der Waals surface area (Å²) in [5.74, 6) is 0.138. The van der Waals surface area contributed by atoms with E-state index in [0.717, 1.165) is 19.2 Å². The predicted molar refractivity (Wildman–Crippen MR) is 180 cm³/mol. The summed E-state index contributed by atoms with van der Waals surface area (Å²) in [6, 6.07) is 9.26. The molecule has 1 aliphatic heterocycles. The number of allylic oxidation sites excluding steroid dienone is 1. The molecule has 1 heterocycles. The molecule has 15 heteroatoms. The summed E-state index contributed by atoms with van der Waals surface area (Å²) in [6.45, 7) is 11.3. The van der Waals surface area contributed by atoms with Crippen LogP contribution in [0.5, 0.6) is 11.5 Å². The number of carbonyl (C=O) groups excluding carboxylic acids is 2. The van der Waals surface area contributed by atoms with Crippen LogP contribution in [0.3, 0.4) is 0 Å². The topological polar surface area (TPSA) is 162 Å². The van der Waals surface area contributed by atoms with E-state index in [4.69, 9.17) is 18.4 Å². The van der Waals surface area contributed by atoms with Crippen molar-refractivity contribution in [3.8, 4) is 11.5 Å². The highest BCUT2D eigenvalue weighted by molar-refractivity contribution is 7.90. The molecule has 1 unspecified atom stereocenters. The van der Waals surface area contributed by atoms with Gasteiger partial charge in [-0.3, -0.25) is 4.90 Å². The second-order valence-corrected chi connectivity index (χ2v) is 17.3. The first-order chi connectivity index (χ1) is 22.6. The summed E-state index contributed by atoms with van der Waals surface area (Å²) in [5.41, 5.74) is -0.529. The maximum atomic E-state index is 14.5. The molecular weight excluding hydrogens is 677 g/mol. The Kier molecular flexibility index (Phi) is 12.4. The van der Waals surface area contributed by atoms with Crippen LogP contribution in [-0.4, -0.2) is 82.4 Å². The minimum atomic E-state index is -4.84. The summed E-state index contributed by atoms with van der Waals surface area (Å²) in [7, 11) is -8.48. The van der Waals surface area contributed by atoms with Crippen LogP contribution in [0.2, 0.25) is 0 Å². The third-order valence-electron chi connectivity index (χ3n) is 6.97. The third-order valence-corrected chi connectivity index (χ3v) is 10.7. The van der Waals surface area contributed by atoms with Crippen LogP contribution in [0.15, 0.2) is 76.2 Å². The van der Waals surface area contributed by atoms with E-state index in [2.05, 4.69) is 0 Å². The van der Waals surface area contributed by atoms with Gasteiger partial charge in [0.25, 0.3) is 0 Å².